The lowest BCUT2D eigenvalue weighted by Crippen LogP contribution is -2.32. The molecule has 0 aliphatic heterocycles. The van der Waals surface area contributed by atoms with E-state index in [0.29, 0.717) is 5.92 Å². The van der Waals surface area contributed by atoms with Gasteiger partial charge in [-0.1, -0.05) is 88.0 Å². The van der Waals surface area contributed by atoms with E-state index in [-0.39, 0.29) is 5.41 Å². The van der Waals surface area contributed by atoms with Gasteiger partial charge < -0.3 is 0 Å². The molecule has 0 heterocycles. The molecule has 0 saturated carbocycles. The van der Waals surface area contributed by atoms with Gasteiger partial charge in [-0.05, 0) is 35.5 Å². The Labute approximate surface area is 129 Å². The van der Waals surface area contributed by atoms with Gasteiger partial charge in [0.25, 0.3) is 0 Å². The maximum Gasteiger partial charge on any atom is 0.00137 e. The molecule has 0 radical (unpaired) electrons. The van der Waals surface area contributed by atoms with Crippen molar-refractivity contribution in [2.75, 3.05) is 0 Å². The Hall–Kier alpha value is -1.82. The second kappa shape index (κ2) is 6.76. The van der Waals surface area contributed by atoms with Gasteiger partial charge in [0, 0.05) is 5.41 Å². The highest BCUT2D eigenvalue weighted by atomic mass is 14.4. The minimum Gasteiger partial charge on any atom is -0.0952 e. The third-order valence-corrected chi connectivity index (χ3v) is 4.80. The molecule has 2 aromatic carbocycles. The maximum atomic E-state index is 4.37. The summed E-state index contributed by atoms with van der Waals surface area (Å²) in [7, 11) is 0. The Kier molecular flexibility index (Phi) is 5.01. The van der Waals surface area contributed by atoms with Gasteiger partial charge in [0.15, 0.2) is 0 Å². The molecule has 0 nitrogen and oxygen atoms in total. The van der Waals surface area contributed by atoms with Gasteiger partial charge >= 0.3 is 0 Å². The smallest absolute Gasteiger partial charge is 0.00137 e. The molecule has 0 fully saturated rings. The largest absolute Gasteiger partial charge is 0.0952 e. The van der Waals surface area contributed by atoms with Crippen LogP contribution in [0.4, 0.5) is 0 Å². The Bertz CT molecular complexity index is 566. The first kappa shape index (κ1) is 15.6. The molecule has 2 aromatic rings. The molecule has 0 amide bonds. The standard InChI is InChI=1S/C21H26/c1-5-21(17(2)3,20-14-10-7-11-15-20)16-18(4)19-12-8-6-9-13-19/h6-15,17H,4-5,16H2,1-3H3. The van der Waals surface area contributed by atoms with Crippen LogP contribution in [0.3, 0.4) is 0 Å². The van der Waals surface area contributed by atoms with E-state index in [1.165, 1.54) is 16.7 Å². The van der Waals surface area contributed by atoms with Gasteiger partial charge in [0.2, 0.25) is 0 Å². The van der Waals surface area contributed by atoms with E-state index in [0.717, 1.165) is 12.8 Å². The van der Waals surface area contributed by atoms with Crippen LogP contribution < -0.4 is 0 Å². The highest BCUT2D eigenvalue weighted by molar-refractivity contribution is 5.64. The third kappa shape index (κ3) is 3.26. The molecule has 110 valence electrons. The van der Waals surface area contributed by atoms with Crippen molar-refractivity contribution in [3.63, 3.8) is 0 Å². The monoisotopic (exact) mass is 278 g/mol. The average Bonchev–Trinajstić information content (AvgIpc) is 2.54. The van der Waals surface area contributed by atoms with Crippen LogP contribution >= 0.6 is 0 Å². The zero-order valence-electron chi connectivity index (χ0n) is 13.5. The van der Waals surface area contributed by atoms with E-state index in [9.17, 15) is 0 Å². The molecule has 1 atom stereocenters. The van der Waals surface area contributed by atoms with Crippen molar-refractivity contribution in [2.24, 2.45) is 5.92 Å². The fourth-order valence-electron chi connectivity index (χ4n) is 3.30. The summed E-state index contributed by atoms with van der Waals surface area (Å²) in [5.74, 6) is 0.574. The number of benzene rings is 2. The molecule has 2 rings (SSSR count). The number of rotatable bonds is 6. The molecule has 0 N–H and O–H groups in total. The third-order valence-electron chi connectivity index (χ3n) is 4.80. The molecule has 0 spiro atoms. The van der Waals surface area contributed by atoms with Crippen LogP contribution in [0.5, 0.6) is 0 Å². The van der Waals surface area contributed by atoms with Crippen LogP contribution in [0.1, 0.15) is 44.7 Å². The topological polar surface area (TPSA) is 0 Å². The molecule has 0 heteroatoms. The second-order valence-electron chi connectivity index (χ2n) is 6.18. The molecular weight excluding hydrogens is 252 g/mol. The fraction of sp³-hybridized carbons (Fsp3) is 0.333. The molecule has 0 bridgehead atoms. The number of allylic oxidation sites excluding steroid dienone is 1. The Balaban J connectivity index is 2.36. The van der Waals surface area contributed by atoms with Crippen molar-refractivity contribution in [2.45, 2.75) is 39.0 Å². The van der Waals surface area contributed by atoms with Gasteiger partial charge in [-0.25, -0.2) is 0 Å². The molecular formula is C21H26. The van der Waals surface area contributed by atoms with Gasteiger partial charge in [-0.2, -0.15) is 0 Å². The summed E-state index contributed by atoms with van der Waals surface area (Å²) >= 11 is 0. The van der Waals surface area contributed by atoms with E-state index < -0.39 is 0 Å². The lowest BCUT2D eigenvalue weighted by atomic mass is 9.66. The highest BCUT2D eigenvalue weighted by Gasteiger charge is 2.34. The van der Waals surface area contributed by atoms with Gasteiger partial charge in [-0.15, -0.1) is 0 Å². The van der Waals surface area contributed by atoms with Crippen LogP contribution in [0, 0.1) is 5.92 Å². The van der Waals surface area contributed by atoms with E-state index in [2.05, 4.69) is 88.0 Å². The molecule has 0 aliphatic carbocycles. The van der Waals surface area contributed by atoms with Crippen LogP contribution in [-0.4, -0.2) is 0 Å². The SMILES string of the molecule is C=C(CC(CC)(c1ccccc1)C(C)C)c1ccccc1. The van der Waals surface area contributed by atoms with Gasteiger partial charge in [0.05, 0.1) is 0 Å². The summed E-state index contributed by atoms with van der Waals surface area (Å²) in [5.41, 5.74) is 4.08. The summed E-state index contributed by atoms with van der Waals surface area (Å²) in [5, 5.41) is 0. The van der Waals surface area contributed by atoms with E-state index in [1.54, 1.807) is 0 Å². The second-order valence-corrected chi connectivity index (χ2v) is 6.18. The molecule has 1 unspecified atom stereocenters. The lowest BCUT2D eigenvalue weighted by molar-refractivity contribution is 0.301. The van der Waals surface area contributed by atoms with Crippen LogP contribution in [0.2, 0.25) is 0 Å². The minimum atomic E-state index is 0.161. The van der Waals surface area contributed by atoms with Gasteiger partial charge in [-0.3, -0.25) is 0 Å². The highest BCUT2D eigenvalue weighted by Crippen LogP contribution is 2.42. The van der Waals surface area contributed by atoms with Crippen molar-refractivity contribution in [3.05, 3.63) is 78.4 Å². The summed E-state index contributed by atoms with van der Waals surface area (Å²) in [6, 6.07) is 21.5. The summed E-state index contributed by atoms with van der Waals surface area (Å²) < 4.78 is 0. The lowest BCUT2D eigenvalue weighted by Gasteiger charge is -2.38. The first-order chi connectivity index (χ1) is 10.1. The Morgan fingerprint density at radius 1 is 0.952 bits per heavy atom. The minimum absolute atomic E-state index is 0.161. The zero-order chi connectivity index (χ0) is 15.3. The van der Waals surface area contributed by atoms with Crippen LogP contribution in [-0.2, 0) is 5.41 Å². The van der Waals surface area contributed by atoms with Crippen LogP contribution in [0.15, 0.2) is 67.2 Å². The first-order valence-electron chi connectivity index (χ1n) is 7.89. The van der Waals surface area contributed by atoms with Crippen molar-refractivity contribution >= 4 is 5.57 Å². The number of hydrogen-bond donors (Lipinski definition) is 0. The summed E-state index contributed by atoms with van der Waals surface area (Å²) in [6.07, 6.45) is 2.13. The van der Waals surface area contributed by atoms with Crippen molar-refractivity contribution < 1.29 is 0 Å². The molecule has 0 saturated heterocycles. The first-order valence-corrected chi connectivity index (χ1v) is 7.89. The summed E-state index contributed by atoms with van der Waals surface area (Å²) in [6.45, 7) is 11.3. The van der Waals surface area contributed by atoms with Crippen molar-refractivity contribution in [1.82, 2.24) is 0 Å². The Morgan fingerprint density at radius 2 is 1.48 bits per heavy atom. The van der Waals surface area contributed by atoms with Crippen molar-refractivity contribution in [3.8, 4) is 0 Å². The van der Waals surface area contributed by atoms with Crippen LogP contribution in [0.25, 0.3) is 5.57 Å². The predicted molar refractivity (Wildman–Crippen MR) is 93.3 cm³/mol. The van der Waals surface area contributed by atoms with Gasteiger partial charge in [0.1, 0.15) is 0 Å². The quantitative estimate of drug-likeness (QED) is 0.599. The average molecular weight is 278 g/mol. The maximum absolute atomic E-state index is 4.37. The normalized spacial score (nSPS) is 13.9. The molecule has 0 aromatic heterocycles. The molecule has 21 heavy (non-hydrogen) atoms. The fourth-order valence-corrected chi connectivity index (χ4v) is 3.30. The zero-order valence-corrected chi connectivity index (χ0v) is 13.5. The number of hydrogen-bond acceptors (Lipinski definition) is 0. The van der Waals surface area contributed by atoms with E-state index in [4.69, 9.17) is 0 Å². The predicted octanol–water partition coefficient (Wildman–Crippen LogP) is 6.09. The van der Waals surface area contributed by atoms with E-state index >= 15 is 0 Å². The summed E-state index contributed by atoms with van der Waals surface area (Å²) in [4.78, 5) is 0. The van der Waals surface area contributed by atoms with Crippen molar-refractivity contribution in [1.29, 1.82) is 0 Å². The van der Waals surface area contributed by atoms with E-state index in [1.807, 2.05) is 0 Å². The molecule has 0 aliphatic rings. The Morgan fingerprint density at radius 3 is 1.95 bits per heavy atom.